The lowest BCUT2D eigenvalue weighted by Crippen LogP contribution is -2.24. The smallest absolute Gasteiger partial charge is 0.228 e. The highest BCUT2D eigenvalue weighted by atomic mass is 16.5. The first-order valence-electron chi connectivity index (χ1n) is 11.7. The van der Waals surface area contributed by atoms with Crippen LogP contribution in [0, 0.1) is 0 Å². The summed E-state index contributed by atoms with van der Waals surface area (Å²) in [5, 5.41) is 1.13. The van der Waals surface area contributed by atoms with Gasteiger partial charge in [0.25, 0.3) is 0 Å². The third-order valence-corrected chi connectivity index (χ3v) is 5.80. The van der Waals surface area contributed by atoms with E-state index < -0.39 is 0 Å². The molecule has 3 aromatic rings. The normalized spacial score (nSPS) is 10.5. The number of carbonyl (C=O) groups excluding carboxylic acids is 1. The number of aryl methyl sites for hydroxylation is 1. The summed E-state index contributed by atoms with van der Waals surface area (Å²) >= 11 is 0. The number of para-hydroxylation sites is 1. The Morgan fingerprint density at radius 1 is 1.09 bits per heavy atom. The number of ether oxygens (including phenoxy) is 1. The van der Waals surface area contributed by atoms with E-state index in [4.69, 9.17) is 4.74 Å². The predicted molar refractivity (Wildman–Crippen MR) is 145 cm³/mol. The topological polar surface area (TPSA) is 31.2 Å². The van der Waals surface area contributed by atoms with Gasteiger partial charge in [0.15, 0.2) is 0 Å². The minimum Gasteiger partial charge on any atom is -0.497 e. The number of methoxy groups -OCH3 is 1. The molecule has 0 unspecified atom stereocenters. The molecule has 0 saturated carbocycles. The average Bonchev–Trinajstić information content (AvgIpc) is 3.20. The molecule has 1 aromatic heterocycles. The fraction of sp³-hybridized carbons (Fsp3) is 0.276. The Labute approximate surface area is 199 Å². The summed E-state index contributed by atoms with van der Waals surface area (Å²) in [5.41, 5.74) is 4.29. The number of allylic oxidation sites excluding steroid dienone is 4. The SMILES string of the molecule is C/C=C\CCCn1c(C(=O)B(C)CC)c(-c2ccc(OC)cc2)c2ccccc21.C=CC=C. The molecule has 2 aromatic carbocycles. The number of aromatic nitrogens is 1. The molecular weight excluding hydrogens is 405 g/mol. The molecule has 0 N–H and O–H groups in total. The van der Waals surface area contributed by atoms with Crippen LogP contribution in [-0.4, -0.2) is 24.1 Å². The molecule has 0 spiro atoms. The average molecular weight is 441 g/mol. The quantitative estimate of drug-likeness (QED) is 0.139. The van der Waals surface area contributed by atoms with E-state index in [1.54, 1.807) is 19.3 Å². The highest BCUT2D eigenvalue weighted by Gasteiger charge is 2.27. The lowest BCUT2D eigenvalue weighted by atomic mass is 9.46. The van der Waals surface area contributed by atoms with Crippen LogP contribution in [0.4, 0.5) is 0 Å². The van der Waals surface area contributed by atoms with Crippen molar-refractivity contribution in [1.82, 2.24) is 4.57 Å². The maximum Gasteiger partial charge on any atom is 0.228 e. The summed E-state index contributed by atoms with van der Waals surface area (Å²) in [6, 6.07) is 16.4. The molecule has 3 rings (SSSR count). The summed E-state index contributed by atoms with van der Waals surface area (Å²) in [7, 11) is 1.67. The zero-order valence-corrected chi connectivity index (χ0v) is 20.5. The molecule has 172 valence electrons. The number of hydrogen-bond donors (Lipinski definition) is 0. The second kappa shape index (κ2) is 13.3. The number of benzene rings is 2. The lowest BCUT2D eigenvalue weighted by molar-refractivity contribution is 0.106. The summed E-state index contributed by atoms with van der Waals surface area (Å²) in [6.45, 7) is 13.7. The molecule has 0 saturated heterocycles. The van der Waals surface area contributed by atoms with Gasteiger partial charge in [0.05, 0.1) is 12.8 Å². The predicted octanol–water partition coefficient (Wildman–Crippen LogP) is 7.90. The van der Waals surface area contributed by atoms with E-state index in [9.17, 15) is 4.79 Å². The standard InChI is InChI=1S/C25H30BNO2.C4H6/c1-5-7-8-11-18-27-22-13-10-9-12-21(22)23(24(27)25(28)26(3)6-2)19-14-16-20(29-4)17-15-19;1-3-4-2/h5,7,9-10,12-17H,6,8,11,18H2,1-4H3;3-4H,1-2H2/b7-5-;. The van der Waals surface area contributed by atoms with Crippen molar-refractivity contribution in [3.05, 3.63) is 91.7 Å². The molecule has 0 aliphatic carbocycles. The van der Waals surface area contributed by atoms with Gasteiger partial charge in [-0.3, -0.25) is 0 Å². The molecule has 0 bridgehead atoms. The molecule has 0 atom stereocenters. The minimum atomic E-state index is -0.00871. The van der Waals surface area contributed by atoms with Gasteiger partial charge in [-0.1, -0.05) is 87.9 Å². The Morgan fingerprint density at radius 2 is 1.76 bits per heavy atom. The molecule has 1 heterocycles. The summed E-state index contributed by atoms with van der Waals surface area (Å²) in [5.74, 6) is 0.818. The molecule has 4 heteroatoms. The van der Waals surface area contributed by atoms with Crippen LogP contribution in [0.25, 0.3) is 22.0 Å². The lowest BCUT2D eigenvalue weighted by Gasteiger charge is -2.14. The Bertz CT molecular complexity index is 1090. The number of carbonyl (C=O) groups is 1. The second-order valence-electron chi connectivity index (χ2n) is 7.98. The van der Waals surface area contributed by atoms with Crippen molar-refractivity contribution in [1.29, 1.82) is 0 Å². The number of fused-ring (bicyclic) bond motifs is 1. The van der Waals surface area contributed by atoms with Crippen LogP contribution in [0.3, 0.4) is 0 Å². The molecule has 0 amide bonds. The summed E-state index contributed by atoms with van der Waals surface area (Å²) < 4.78 is 7.57. The first-order chi connectivity index (χ1) is 16.0. The maximum absolute atomic E-state index is 13.5. The van der Waals surface area contributed by atoms with Crippen LogP contribution in [0.2, 0.25) is 13.1 Å². The molecular formula is C29H36BNO2. The van der Waals surface area contributed by atoms with Crippen LogP contribution < -0.4 is 4.74 Å². The summed E-state index contributed by atoms with van der Waals surface area (Å²) in [4.78, 5) is 13.5. The zero-order chi connectivity index (χ0) is 24.2. The Morgan fingerprint density at radius 3 is 2.33 bits per heavy atom. The first kappa shape index (κ1) is 26.0. The van der Waals surface area contributed by atoms with Crippen molar-refractivity contribution >= 4 is 23.3 Å². The van der Waals surface area contributed by atoms with Crippen molar-refractivity contribution in [3.8, 4) is 16.9 Å². The van der Waals surface area contributed by atoms with Crippen molar-refractivity contribution in [2.75, 3.05) is 7.11 Å². The Kier molecular flexibility index (Phi) is 10.5. The van der Waals surface area contributed by atoms with Gasteiger partial charge in [-0.15, -0.1) is 0 Å². The van der Waals surface area contributed by atoms with Gasteiger partial charge in [-0.2, -0.15) is 0 Å². The molecule has 0 fully saturated rings. The van der Waals surface area contributed by atoms with Gasteiger partial charge in [-0.25, -0.2) is 0 Å². The monoisotopic (exact) mass is 441 g/mol. The largest absolute Gasteiger partial charge is 0.497 e. The molecule has 0 radical (unpaired) electrons. The molecule has 3 nitrogen and oxygen atoms in total. The van der Waals surface area contributed by atoms with Crippen LogP contribution in [-0.2, 0) is 6.54 Å². The van der Waals surface area contributed by atoms with Gasteiger partial charge in [0, 0.05) is 23.0 Å². The Balaban J connectivity index is 0.000000890. The van der Waals surface area contributed by atoms with Crippen molar-refractivity contribution in [2.45, 2.75) is 46.4 Å². The zero-order valence-electron chi connectivity index (χ0n) is 20.5. The highest BCUT2D eigenvalue weighted by molar-refractivity contribution is 6.91. The molecule has 0 aliphatic rings. The van der Waals surface area contributed by atoms with Crippen LogP contribution in [0.1, 0.15) is 37.2 Å². The van der Waals surface area contributed by atoms with Crippen molar-refractivity contribution in [3.63, 3.8) is 0 Å². The van der Waals surface area contributed by atoms with E-state index >= 15 is 0 Å². The Hall–Kier alpha value is -3.27. The number of hydrogen-bond acceptors (Lipinski definition) is 2. The van der Waals surface area contributed by atoms with Crippen molar-refractivity contribution in [2.24, 2.45) is 0 Å². The third-order valence-electron chi connectivity index (χ3n) is 5.80. The number of nitrogens with zero attached hydrogens (tertiary/aromatic N) is 1. The van der Waals surface area contributed by atoms with E-state index in [0.29, 0.717) is 0 Å². The fourth-order valence-electron chi connectivity index (χ4n) is 3.79. The van der Waals surface area contributed by atoms with Gasteiger partial charge < -0.3 is 14.1 Å². The number of rotatable bonds is 10. The van der Waals surface area contributed by atoms with E-state index in [-0.39, 0.29) is 12.4 Å². The summed E-state index contributed by atoms with van der Waals surface area (Å²) in [6.07, 6.45) is 10.4. The van der Waals surface area contributed by atoms with Gasteiger partial charge in [0.1, 0.15) is 11.4 Å². The van der Waals surface area contributed by atoms with Crippen LogP contribution >= 0.6 is 0 Å². The first-order valence-corrected chi connectivity index (χ1v) is 11.7. The van der Waals surface area contributed by atoms with E-state index in [2.05, 4.69) is 73.2 Å². The van der Waals surface area contributed by atoms with Crippen LogP contribution in [0.5, 0.6) is 5.75 Å². The van der Waals surface area contributed by atoms with E-state index in [1.807, 2.05) is 25.9 Å². The molecule has 0 aliphatic heterocycles. The van der Waals surface area contributed by atoms with Gasteiger partial charge >= 0.3 is 0 Å². The van der Waals surface area contributed by atoms with Crippen molar-refractivity contribution < 1.29 is 9.53 Å². The second-order valence-corrected chi connectivity index (χ2v) is 7.98. The maximum atomic E-state index is 13.5. The van der Waals surface area contributed by atoms with Gasteiger partial charge in [0.2, 0.25) is 6.71 Å². The minimum absolute atomic E-state index is 0.00871. The van der Waals surface area contributed by atoms with E-state index in [0.717, 1.165) is 59.2 Å². The number of unbranched alkanes of at least 4 members (excludes halogenated alkanes) is 1. The van der Waals surface area contributed by atoms with E-state index in [1.165, 1.54) is 0 Å². The van der Waals surface area contributed by atoms with Crippen LogP contribution in [0.15, 0.2) is 86.0 Å². The van der Waals surface area contributed by atoms with Gasteiger partial charge in [-0.05, 0) is 43.5 Å². The molecule has 33 heavy (non-hydrogen) atoms. The highest BCUT2D eigenvalue weighted by Crippen LogP contribution is 2.37. The fourth-order valence-corrected chi connectivity index (χ4v) is 3.79. The third kappa shape index (κ3) is 6.38.